The van der Waals surface area contributed by atoms with Crippen LogP contribution >= 0.6 is 31.9 Å². The van der Waals surface area contributed by atoms with Gasteiger partial charge in [-0.15, -0.1) is 0 Å². The van der Waals surface area contributed by atoms with Gasteiger partial charge < -0.3 is 13.9 Å². The molecule has 1 heterocycles. The Balaban J connectivity index is 1.53. The predicted octanol–water partition coefficient (Wildman–Crippen LogP) is 6.22. The van der Waals surface area contributed by atoms with Gasteiger partial charge in [-0.25, -0.2) is 5.43 Å². The number of amides is 1. The maximum absolute atomic E-state index is 12.5. The number of fused-ring (bicyclic) bond motifs is 1. The van der Waals surface area contributed by atoms with Crippen molar-refractivity contribution in [3.63, 3.8) is 0 Å². The molecule has 0 saturated carbocycles. The van der Waals surface area contributed by atoms with Gasteiger partial charge in [0.25, 0.3) is 5.69 Å². The highest BCUT2D eigenvalue weighted by molar-refractivity contribution is 9.11. The van der Waals surface area contributed by atoms with Crippen molar-refractivity contribution < 1.29 is 23.6 Å². The maximum Gasteiger partial charge on any atom is 0.307 e. The molecule has 1 N–H and O–H groups in total. The van der Waals surface area contributed by atoms with E-state index in [1.165, 1.54) is 19.2 Å². The van der Waals surface area contributed by atoms with Crippen molar-refractivity contribution in [1.29, 1.82) is 0 Å². The SMILES string of the molecule is COc1cc(/C=N\NC(=O)c2cc3cc(Br)cc(Br)c3o2)c([N+](=O)[O-])cc1OCc1ccccc1. The number of carbonyl (C=O) groups is 1. The highest BCUT2D eigenvalue weighted by atomic mass is 79.9. The van der Waals surface area contributed by atoms with E-state index in [1.807, 2.05) is 30.3 Å². The van der Waals surface area contributed by atoms with Gasteiger partial charge in [-0.05, 0) is 45.8 Å². The largest absolute Gasteiger partial charge is 0.493 e. The molecular formula is C24H17Br2N3O6. The van der Waals surface area contributed by atoms with Crippen LogP contribution in [0, 0.1) is 10.1 Å². The third-order valence-corrected chi connectivity index (χ3v) is 5.92. The van der Waals surface area contributed by atoms with Gasteiger partial charge in [0.2, 0.25) is 0 Å². The molecule has 0 aliphatic rings. The molecule has 3 aromatic carbocycles. The van der Waals surface area contributed by atoms with Crippen molar-refractivity contribution in [2.45, 2.75) is 6.61 Å². The zero-order valence-corrected chi connectivity index (χ0v) is 21.3. The molecule has 4 aromatic rings. The summed E-state index contributed by atoms with van der Waals surface area (Å²) in [5.41, 5.74) is 3.59. The van der Waals surface area contributed by atoms with Crippen LogP contribution in [0.15, 0.2) is 79.1 Å². The van der Waals surface area contributed by atoms with Crippen molar-refractivity contribution >= 4 is 60.6 Å². The molecule has 0 atom stereocenters. The van der Waals surface area contributed by atoms with E-state index in [0.29, 0.717) is 15.4 Å². The van der Waals surface area contributed by atoms with Crippen LogP contribution < -0.4 is 14.9 Å². The lowest BCUT2D eigenvalue weighted by Gasteiger charge is -2.12. The first-order valence-corrected chi connectivity index (χ1v) is 11.7. The lowest BCUT2D eigenvalue weighted by atomic mass is 10.1. The molecule has 0 aliphatic heterocycles. The lowest BCUT2D eigenvalue weighted by molar-refractivity contribution is -0.385. The number of ether oxygens (including phenoxy) is 2. The van der Waals surface area contributed by atoms with Crippen LogP contribution in [0.3, 0.4) is 0 Å². The minimum absolute atomic E-state index is 0.0349. The fourth-order valence-electron chi connectivity index (χ4n) is 3.24. The number of hydrogen-bond acceptors (Lipinski definition) is 7. The molecule has 11 heteroatoms. The van der Waals surface area contributed by atoms with Crippen molar-refractivity contribution in [2.24, 2.45) is 5.10 Å². The van der Waals surface area contributed by atoms with E-state index in [2.05, 4.69) is 42.4 Å². The normalized spacial score (nSPS) is 11.1. The first kappa shape index (κ1) is 24.4. The van der Waals surface area contributed by atoms with E-state index in [-0.39, 0.29) is 35.1 Å². The number of nitro benzene ring substituents is 1. The van der Waals surface area contributed by atoms with Crippen molar-refractivity contribution in [3.05, 3.63) is 96.6 Å². The Labute approximate surface area is 216 Å². The van der Waals surface area contributed by atoms with Gasteiger partial charge in [0, 0.05) is 9.86 Å². The molecule has 178 valence electrons. The zero-order valence-electron chi connectivity index (χ0n) is 18.2. The Morgan fingerprint density at radius 1 is 1.14 bits per heavy atom. The summed E-state index contributed by atoms with van der Waals surface area (Å²) >= 11 is 6.77. The van der Waals surface area contributed by atoms with Crippen molar-refractivity contribution in [1.82, 2.24) is 5.43 Å². The number of benzene rings is 3. The third kappa shape index (κ3) is 5.69. The summed E-state index contributed by atoms with van der Waals surface area (Å²) < 4.78 is 18.2. The van der Waals surface area contributed by atoms with E-state index in [1.54, 1.807) is 18.2 Å². The molecule has 0 spiro atoms. The number of nitrogens with one attached hydrogen (secondary N) is 1. The van der Waals surface area contributed by atoms with Gasteiger partial charge in [0.05, 0.1) is 34.4 Å². The maximum atomic E-state index is 12.5. The second-order valence-electron chi connectivity index (χ2n) is 7.21. The monoisotopic (exact) mass is 601 g/mol. The van der Waals surface area contributed by atoms with Gasteiger partial charge in [-0.3, -0.25) is 14.9 Å². The number of nitrogens with zero attached hydrogens (tertiary/aromatic N) is 2. The Kier molecular flexibility index (Phi) is 7.47. The Bertz CT molecular complexity index is 1440. The fourth-order valence-corrected chi connectivity index (χ4v) is 4.58. The number of carbonyl (C=O) groups excluding carboxylic acids is 1. The van der Waals surface area contributed by atoms with E-state index in [0.717, 1.165) is 16.3 Å². The van der Waals surface area contributed by atoms with Gasteiger partial charge in [0.15, 0.2) is 17.3 Å². The predicted molar refractivity (Wildman–Crippen MR) is 137 cm³/mol. The molecule has 0 unspecified atom stereocenters. The van der Waals surface area contributed by atoms with Gasteiger partial charge in [-0.1, -0.05) is 46.3 Å². The number of methoxy groups -OCH3 is 1. The van der Waals surface area contributed by atoms with E-state index >= 15 is 0 Å². The van der Waals surface area contributed by atoms with Crippen LogP contribution in [0.25, 0.3) is 11.0 Å². The molecule has 0 aliphatic carbocycles. The first-order chi connectivity index (χ1) is 16.9. The number of hydrogen-bond donors (Lipinski definition) is 1. The Morgan fingerprint density at radius 2 is 1.91 bits per heavy atom. The highest BCUT2D eigenvalue weighted by Crippen LogP contribution is 2.35. The van der Waals surface area contributed by atoms with Crippen molar-refractivity contribution in [2.75, 3.05) is 7.11 Å². The van der Waals surface area contributed by atoms with Crippen molar-refractivity contribution in [3.8, 4) is 11.5 Å². The fraction of sp³-hybridized carbons (Fsp3) is 0.0833. The van der Waals surface area contributed by atoms with Crippen LogP contribution in [0.1, 0.15) is 21.7 Å². The van der Waals surface area contributed by atoms with Crippen LogP contribution in [-0.2, 0) is 6.61 Å². The van der Waals surface area contributed by atoms with Gasteiger partial charge >= 0.3 is 5.91 Å². The number of halogens is 2. The Morgan fingerprint density at radius 3 is 2.63 bits per heavy atom. The van der Waals surface area contributed by atoms with Crippen LogP contribution in [-0.4, -0.2) is 24.2 Å². The summed E-state index contributed by atoms with van der Waals surface area (Å²) in [6, 6.07) is 17.2. The van der Waals surface area contributed by atoms with Crippen LogP contribution in [0.2, 0.25) is 0 Å². The smallest absolute Gasteiger partial charge is 0.307 e. The number of rotatable bonds is 8. The number of nitro groups is 1. The minimum atomic E-state index is -0.613. The molecule has 35 heavy (non-hydrogen) atoms. The molecule has 0 bridgehead atoms. The van der Waals surface area contributed by atoms with Crippen LogP contribution in [0.4, 0.5) is 5.69 Å². The second kappa shape index (κ2) is 10.7. The summed E-state index contributed by atoms with van der Waals surface area (Å²) in [4.78, 5) is 23.6. The molecule has 0 saturated heterocycles. The second-order valence-corrected chi connectivity index (χ2v) is 8.98. The summed E-state index contributed by atoms with van der Waals surface area (Å²) in [6.07, 6.45) is 1.16. The summed E-state index contributed by atoms with van der Waals surface area (Å²) in [7, 11) is 1.43. The van der Waals surface area contributed by atoms with E-state index < -0.39 is 10.8 Å². The molecule has 0 fully saturated rings. The molecular weight excluding hydrogens is 586 g/mol. The number of furan rings is 1. The van der Waals surface area contributed by atoms with E-state index in [9.17, 15) is 14.9 Å². The standard InChI is InChI=1S/C24H17Br2N3O6/c1-33-20-9-16(19(29(31)32)11-21(20)34-13-14-5-3-2-4-6-14)12-27-28-24(30)22-8-15-7-17(25)10-18(26)23(15)35-22/h2-12H,13H2,1H3,(H,28,30)/b27-12-. The summed E-state index contributed by atoms with van der Waals surface area (Å²) in [6.45, 7) is 0.210. The molecule has 1 amide bonds. The van der Waals surface area contributed by atoms with E-state index in [4.69, 9.17) is 13.9 Å². The lowest BCUT2D eigenvalue weighted by Crippen LogP contribution is -2.16. The summed E-state index contributed by atoms with van der Waals surface area (Å²) in [5.74, 6) is -0.0825. The minimum Gasteiger partial charge on any atom is -0.493 e. The average molecular weight is 603 g/mol. The number of hydrazone groups is 1. The van der Waals surface area contributed by atoms with Gasteiger partial charge in [0.1, 0.15) is 12.2 Å². The van der Waals surface area contributed by atoms with Gasteiger partial charge in [-0.2, -0.15) is 5.10 Å². The molecule has 0 radical (unpaired) electrons. The zero-order chi connectivity index (χ0) is 24.9. The average Bonchev–Trinajstić information content (AvgIpc) is 3.28. The highest BCUT2D eigenvalue weighted by Gasteiger charge is 2.20. The van der Waals surface area contributed by atoms with Crippen LogP contribution in [0.5, 0.6) is 11.5 Å². The topological polar surface area (TPSA) is 116 Å². The quantitative estimate of drug-likeness (QED) is 0.145. The summed E-state index contributed by atoms with van der Waals surface area (Å²) in [5, 5.41) is 16.2. The third-order valence-electron chi connectivity index (χ3n) is 4.88. The molecule has 1 aromatic heterocycles. The molecule has 4 rings (SSSR count). The first-order valence-electron chi connectivity index (χ1n) is 10.1. The Hall–Kier alpha value is -3.70. The molecule has 9 nitrogen and oxygen atoms in total.